The summed E-state index contributed by atoms with van der Waals surface area (Å²) in [7, 11) is 0. The van der Waals surface area contributed by atoms with Crippen LogP contribution in [0.25, 0.3) is 0 Å². The lowest BCUT2D eigenvalue weighted by molar-refractivity contribution is 0.0740. The van der Waals surface area contributed by atoms with Gasteiger partial charge in [-0.2, -0.15) is 0 Å². The van der Waals surface area contributed by atoms with Gasteiger partial charge in [0.15, 0.2) is 11.5 Å². The van der Waals surface area contributed by atoms with Gasteiger partial charge in [0, 0.05) is 6.54 Å². The molecule has 2 aliphatic heterocycles. The minimum absolute atomic E-state index is 0.0549. The Morgan fingerprint density at radius 2 is 2.00 bits per heavy atom. The van der Waals surface area contributed by atoms with E-state index in [-0.39, 0.29) is 11.9 Å². The smallest absolute Gasteiger partial charge is 0.264 e. The quantitative estimate of drug-likeness (QED) is 0.817. The second kappa shape index (κ2) is 6.06. The third kappa shape index (κ3) is 2.79. The molecule has 0 saturated carbocycles. The first-order valence-electron chi connectivity index (χ1n) is 7.68. The van der Waals surface area contributed by atoms with E-state index in [4.69, 9.17) is 21.1 Å². The zero-order chi connectivity index (χ0) is 15.8. The summed E-state index contributed by atoms with van der Waals surface area (Å²) in [6, 6.07) is 9.63. The molecule has 2 aliphatic rings. The van der Waals surface area contributed by atoms with Gasteiger partial charge in [-0.3, -0.25) is 4.79 Å². The van der Waals surface area contributed by atoms with E-state index >= 15 is 0 Å². The molecule has 3 heterocycles. The van der Waals surface area contributed by atoms with E-state index in [0.29, 0.717) is 22.4 Å². The van der Waals surface area contributed by atoms with E-state index in [0.717, 1.165) is 36.4 Å². The first kappa shape index (κ1) is 14.8. The number of rotatable bonds is 2. The maximum atomic E-state index is 12.8. The highest BCUT2D eigenvalue weighted by atomic mass is 35.5. The fourth-order valence-electron chi connectivity index (χ4n) is 3.19. The molecule has 0 radical (unpaired) electrons. The van der Waals surface area contributed by atoms with Gasteiger partial charge in [-0.05, 0) is 42.7 Å². The average Bonchev–Trinajstić information content (AvgIpc) is 3.23. The van der Waals surface area contributed by atoms with E-state index in [1.54, 1.807) is 12.1 Å². The van der Waals surface area contributed by atoms with Crippen LogP contribution in [0, 0.1) is 0 Å². The number of fused-ring (bicyclic) bond motifs is 1. The predicted octanol–water partition coefficient (Wildman–Crippen LogP) is 4.15. The zero-order valence-corrected chi connectivity index (χ0v) is 14.0. The number of carbonyl (C=O) groups is 1. The summed E-state index contributed by atoms with van der Waals surface area (Å²) in [6.07, 6.45) is 1.97. The maximum absolute atomic E-state index is 12.8. The van der Waals surface area contributed by atoms with Crippen LogP contribution in [0.5, 0.6) is 11.5 Å². The Labute approximate surface area is 143 Å². The van der Waals surface area contributed by atoms with Crippen molar-refractivity contribution < 1.29 is 14.3 Å². The van der Waals surface area contributed by atoms with Crippen LogP contribution in [0.1, 0.15) is 34.1 Å². The molecule has 0 bridgehead atoms. The Morgan fingerprint density at radius 3 is 2.78 bits per heavy atom. The molecular formula is C17H16ClNO3S. The molecule has 0 aliphatic carbocycles. The number of carbonyl (C=O) groups excluding carboxylic acids is 1. The highest BCUT2D eigenvalue weighted by Crippen LogP contribution is 2.39. The van der Waals surface area contributed by atoms with Crippen LogP contribution >= 0.6 is 22.9 Å². The van der Waals surface area contributed by atoms with Crippen LogP contribution in [0.2, 0.25) is 4.34 Å². The van der Waals surface area contributed by atoms with E-state index in [2.05, 4.69) is 0 Å². The molecule has 2 aromatic rings. The van der Waals surface area contributed by atoms with Gasteiger partial charge in [0.25, 0.3) is 5.91 Å². The molecule has 0 unspecified atom stereocenters. The molecule has 0 spiro atoms. The lowest BCUT2D eigenvalue weighted by atomic mass is 10.0. The van der Waals surface area contributed by atoms with Crippen molar-refractivity contribution in [1.29, 1.82) is 0 Å². The van der Waals surface area contributed by atoms with Gasteiger partial charge in [-0.1, -0.05) is 17.7 Å². The number of halogens is 1. The number of amides is 1. The van der Waals surface area contributed by atoms with Crippen LogP contribution in [-0.4, -0.2) is 30.6 Å². The second-order valence-electron chi connectivity index (χ2n) is 5.66. The second-order valence-corrected chi connectivity index (χ2v) is 7.38. The largest absolute Gasteiger partial charge is 0.486 e. The highest BCUT2D eigenvalue weighted by molar-refractivity contribution is 7.17. The normalized spacial score (nSPS) is 19.9. The summed E-state index contributed by atoms with van der Waals surface area (Å²) < 4.78 is 11.9. The number of likely N-dealkylation sites (tertiary alicyclic amines) is 1. The molecule has 1 aromatic heterocycles. The Bertz CT molecular complexity index is 745. The van der Waals surface area contributed by atoms with E-state index < -0.39 is 0 Å². The summed E-state index contributed by atoms with van der Waals surface area (Å²) in [5.74, 6) is 1.60. The Kier molecular flexibility index (Phi) is 3.91. The van der Waals surface area contributed by atoms with Crippen LogP contribution < -0.4 is 9.47 Å². The molecule has 1 amide bonds. The molecule has 0 N–H and O–H groups in total. The third-order valence-electron chi connectivity index (χ3n) is 4.25. The van der Waals surface area contributed by atoms with Crippen molar-refractivity contribution in [3.05, 3.63) is 45.1 Å². The Hall–Kier alpha value is -1.72. The van der Waals surface area contributed by atoms with Crippen LogP contribution in [0.3, 0.4) is 0 Å². The lowest BCUT2D eigenvalue weighted by Gasteiger charge is -2.26. The number of ether oxygens (including phenoxy) is 2. The van der Waals surface area contributed by atoms with Crippen LogP contribution in [-0.2, 0) is 0 Å². The average molecular weight is 350 g/mol. The molecular weight excluding hydrogens is 334 g/mol. The fraction of sp³-hybridized carbons (Fsp3) is 0.353. The van der Waals surface area contributed by atoms with Gasteiger partial charge in [0.2, 0.25) is 0 Å². The third-order valence-corrected chi connectivity index (χ3v) is 5.47. The molecule has 1 atom stereocenters. The molecule has 4 nitrogen and oxygen atoms in total. The predicted molar refractivity (Wildman–Crippen MR) is 89.8 cm³/mol. The summed E-state index contributed by atoms with van der Waals surface area (Å²) in [4.78, 5) is 15.4. The molecule has 1 saturated heterocycles. The van der Waals surface area contributed by atoms with Crippen molar-refractivity contribution in [3.63, 3.8) is 0 Å². The topological polar surface area (TPSA) is 38.8 Å². The standard InChI is InChI=1S/C17H16ClNO3S/c18-16-6-5-15(23-16)17(20)19-7-1-2-12(19)11-3-4-13-14(10-11)22-9-8-21-13/h3-6,10,12H,1-2,7-9H2/t12-/m0/s1. The van der Waals surface area contributed by atoms with Crippen molar-refractivity contribution in [3.8, 4) is 11.5 Å². The summed E-state index contributed by atoms with van der Waals surface area (Å²) in [6.45, 7) is 1.92. The van der Waals surface area contributed by atoms with Crippen molar-refractivity contribution in [2.24, 2.45) is 0 Å². The van der Waals surface area contributed by atoms with Crippen LogP contribution in [0.4, 0.5) is 0 Å². The van der Waals surface area contributed by atoms with Crippen molar-refractivity contribution in [1.82, 2.24) is 4.90 Å². The van der Waals surface area contributed by atoms with Crippen LogP contribution in [0.15, 0.2) is 30.3 Å². The first-order valence-corrected chi connectivity index (χ1v) is 8.88. The van der Waals surface area contributed by atoms with Crippen molar-refractivity contribution >= 4 is 28.8 Å². The van der Waals surface area contributed by atoms with E-state index in [1.807, 2.05) is 23.1 Å². The van der Waals surface area contributed by atoms with Crippen molar-refractivity contribution in [2.75, 3.05) is 19.8 Å². The number of nitrogens with zero attached hydrogens (tertiary/aromatic N) is 1. The molecule has 1 fully saturated rings. The Balaban J connectivity index is 1.61. The summed E-state index contributed by atoms with van der Waals surface area (Å²) in [5.41, 5.74) is 1.10. The molecule has 120 valence electrons. The van der Waals surface area contributed by atoms with E-state index in [1.165, 1.54) is 11.3 Å². The monoisotopic (exact) mass is 349 g/mol. The van der Waals surface area contributed by atoms with Gasteiger partial charge in [0.1, 0.15) is 13.2 Å². The summed E-state index contributed by atoms with van der Waals surface area (Å²) >= 11 is 7.29. The first-order chi connectivity index (χ1) is 11.2. The summed E-state index contributed by atoms with van der Waals surface area (Å²) in [5, 5.41) is 0. The van der Waals surface area contributed by atoms with Crippen molar-refractivity contribution in [2.45, 2.75) is 18.9 Å². The Morgan fingerprint density at radius 1 is 1.17 bits per heavy atom. The molecule has 23 heavy (non-hydrogen) atoms. The van der Waals surface area contributed by atoms with Gasteiger partial charge in [0.05, 0.1) is 15.3 Å². The molecule has 6 heteroatoms. The minimum atomic E-state index is 0.0549. The minimum Gasteiger partial charge on any atom is -0.486 e. The van der Waals surface area contributed by atoms with Gasteiger partial charge in [-0.15, -0.1) is 11.3 Å². The number of thiophene rings is 1. The number of hydrogen-bond donors (Lipinski definition) is 0. The fourth-order valence-corrected chi connectivity index (χ4v) is 4.19. The maximum Gasteiger partial charge on any atom is 0.264 e. The highest BCUT2D eigenvalue weighted by Gasteiger charge is 2.32. The molecule has 4 rings (SSSR count). The van der Waals surface area contributed by atoms with E-state index in [9.17, 15) is 4.79 Å². The van der Waals surface area contributed by atoms with Gasteiger partial charge < -0.3 is 14.4 Å². The zero-order valence-electron chi connectivity index (χ0n) is 12.5. The van der Waals surface area contributed by atoms with Gasteiger partial charge >= 0.3 is 0 Å². The molecule has 1 aromatic carbocycles. The number of hydrogen-bond acceptors (Lipinski definition) is 4. The van der Waals surface area contributed by atoms with Gasteiger partial charge in [-0.25, -0.2) is 0 Å². The SMILES string of the molecule is O=C(c1ccc(Cl)s1)N1CCC[C@H]1c1ccc2c(c1)OCCO2. The lowest BCUT2D eigenvalue weighted by Crippen LogP contribution is -2.30. The number of benzene rings is 1.